The van der Waals surface area contributed by atoms with Crippen molar-refractivity contribution < 1.29 is 22.7 Å². The zero-order chi connectivity index (χ0) is 29.1. The quantitative estimate of drug-likeness (QED) is 0.374. The van der Waals surface area contributed by atoms with Gasteiger partial charge in [0.15, 0.2) is 0 Å². The average molecular weight is 578 g/mol. The van der Waals surface area contributed by atoms with Crippen molar-refractivity contribution in [2.24, 2.45) is 5.41 Å². The maximum Gasteiger partial charge on any atom is 0.314 e. The van der Waals surface area contributed by atoms with E-state index in [1.165, 1.54) is 50.0 Å². The van der Waals surface area contributed by atoms with E-state index in [1.54, 1.807) is 12.1 Å². The molecule has 1 amide bonds. The molecule has 3 aromatic rings. The lowest BCUT2D eigenvalue weighted by atomic mass is 9.81. The van der Waals surface area contributed by atoms with Crippen LogP contribution in [0.2, 0.25) is 0 Å². The van der Waals surface area contributed by atoms with E-state index in [2.05, 4.69) is 34.4 Å². The number of hydrogen-bond acceptors (Lipinski definition) is 5. The van der Waals surface area contributed by atoms with Gasteiger partial charge in [0, 0.05) is 48.6 Å². The van der Waals surface area contributed by atoms with Crippen LogP contribution in [0, 0.1) is 5.41 Å². The van der Waals surface area contributed by atoms with Gasteiger partial charge in [-0.3, -0.25) is 9.59 Å². The third-order valence-corrected chi connectivity index (χ3v) is 10.8. The largest absolute Gasteiger partial charge is 0.465 e. The highest BCUT2D eigenvalue weighted by Gasteiger charge is 2.64. The van der Waals surface area contributed by atoms with Crippen LogP contribution in [-0.2, 0) is 32.7 Å². The molecule has 1 aromatic heterocycles. The Morgan fingerprint density at radius 1 is 1.07 bits per heavy atom. The van der Waals surface area contributed by atoms with Crippen LogP contribution in [0.15, 0.2) is 36.4 Å². The van der Waals surface area contributed by atoms with Crippen molar-refractivity contribution in [3.63, 3.8) is 0 Å². The van der Waals surface area contributed by atoms with Gasteiger partial charge in [-0.1, -0.05) is 50.5 Å². The van der Waals surface area contributed by atoms with Crippen molar-refractivity contribution in [2.75, 3.05) is 20.7 Å². The molecule has 2 heterocycles. The van der Waals surface area contributed by atoms with Gasteiger partial charge in [0.2, 0.25) is 0 Å². The van der Waals surface area contributed by atoms with Crippen LogP contribution in [-0.4, -0.2) is 49.9 Å². The van der Waals surface area contributed by atoms with Crippen molar-refractivity contribution in [1.82, 2.24) is 13.6 Å². The highest BCUT2D eigenvalue weighted by molar-refractivity contribution is 7.87. The number of hydrogen-bond donors (Lipinski definition) is 1. The molecule has 1 N–H and O–H groups in total. The fraction of sp³-hybridized carbons (Fsp3) is 0.500. The first-order valence-corrected chi connectivity index (χ1v) is 16.3. The smallest absolute Gasteiger partial charge is 0.314 e. The summed E-state index contributed by atoms with van der Waals surface area (Å²) in [5.74, 6) is -0.393. The Hall–Kier alpha value is -3.17. The molecular weight excluding hydrogens is 538 g/mol. The highest BCUT2D eigenvalue weighted by atomic mass is 32.2. The predicted molar refractivity (Wildman–Crippen MR) is 159 cm³/mol. The summed E-state index contributed by atoms with van der Waals surface area (Å²) >= 11 is 0. The Morgan fingerprint density at radius 3 is 2.51 bits per heavy atom. The molecule has 2 atom stereocenters. The van der Waals surface area contributed by atoms with E-state index in [-0.39, 0.29) is 17.5 Å². The van der Waals surface area contributed by atoms with E-state index < -0.39 is 21.5 Å². The first kappa shape index (κ1) is 28.0. The van der Waals surface area contributed by atoms with Gasteiger partial charge in [-0.15, -0.1) is 0 Å². The molecule has 2 fully saturated rings. The molecule has 2 aromatic carbocycles. The number of fused-ring (bicyclic) bond motifs is 7. The Bertz CT molecular complexity index is 1650. The number of rotatable bonds is 7. The zero-order valence-electron chi connectivity index (χ0n) is 24.3. The number of carbonyl (C=O) groups is 2. The summed E-state index contributed by atoms with van der Waals surface area (Å²) < 4.78 is 35.9. The van der Waals surface area contributed by atoms with Gasteiger partial charge < -0.3 is 9.30 Å². The fourth-order valence-electron chi connectivity index (χ4n) is 7.11. The van der Waals surface area contributed by atoms with Crippen LogP contribution in [0.4, 0.5) is 0 Å². The molecular formula is C32H39N3O5S. The Morgan fingerprint density at radius 2 is 1.83 bits per heavy atom. The SMILES string of the molecule is CCOC(=O)[C@]12C[C@H]1c1cc(CC)ccc1-c1c(C3CCCCC3)c3ccc(C(=O)NS(=O)(=O)N(C)C)cc3n1C2. The molecule has 41 heavy (non-hydrogen) atoms. The normalized spacial score (nSPS) is 22.0. The monoisotopic (exact) mass is 577 g/mol. The maximum absolute atomic E-state index is 13.6. The number of aryl methyl sites for hydroxylation is 1. The number of ether oxygens (including phenoxy) is 1. The Balaban J connectivity index is 1.60. The average Bonchev–Trinajstić information content (AvgIpc) is 3.63. The number of amides is 1. The van der Waals surface area contributed by atoms with Crippen molar-refractivity contribution in [3.05, 3.63) is 58.7 Å². The van der Waals surface area contributed by atoms with Crippen molar-refractivity contribution in [3.8, 4) is 11.3 Å². The van der Waals surface area contributed by atoms with Gasteiger partial charge in [0.05, 0.1) is 17.7 Å². The molecule has 6 rings (SSSR count). The molecule has 0 bridgehead atoms. The standard InChI is InChI=1S/C32H39N3O5S/c1-5-20-12-14-23-25(16-20)26-18-32(26,31(37)40-6-2)19-35-27-17-22(30(36)33-41(38,39)34(3)4)13-15-24(27)28(29(23)35)21-10-8-7-9-11-21/h12-17,21,26H,5-11,18-19H2,1-4H3,(H,33,36)/t26-,32-/m0/s1. The van der Waals surface area contributed by atoms with Crippen LogP contribution in [0.1, 0.15) is 91.3 Å². The van der Waals surface area contributed by atoms with Crippen LogP contribution < -0.4 is 4.72 Å². The molecule has 9 heteroatoms. The molecule has 2 saturated carbocycles. The molecule has 0 saturated heterocycles. The highest BCUT2D eigenvalue weighted by Crippen LogP contribution is 2.65. The fourth-order valence-corrected chi connectivity index (χ4v) is 7.65. The van der Waals surface area contributed by atoms with E-state index in [1.807, 2.05) is 13.0 Å². The number of esters is 1. The molecule has 2 aliphatic carbocycles. The Labute approximate surface area is 242 Å². The van der Waals surface area contributed by atoms with Gasteiger partial charge in [-0.25, -0.2) is 4.72 Å². The van der Waals surface area contributed by atoms with E-state index >= 15 is 0 Å². The molecule has 0 radical (unpaired) electrons. The van der Waals surface area contributed by atoms with Gasteiger partial charge in [-0.2, -0.15) is 12.7 Å². The number of nitrogens with one attached hydrogen (secondary N) is 1. The number of carbonyl (C=O) groups excluding carboxylic acids is 2. The van der Waals surface area contributed by atoms with Crippen LogP contribution >= 0.6 is 0 Å². The maximum atomic E-state index is 13.6. The second kappa shape index (κ2) is 10.3. The minimum Gasteiger partial charge on any atom is -0.465 e. The second-order valence-corrected chi connectivity index (χ2v) is 13.9. The van der Waals surface area contributed by atoms with Gasteiger partial charge in [0.25, 0.3) is 5.91 Å². The predicted octanol–water partition coefficient (Wildman–Crippen LogP) is 5.51. The summed E-state index contributed by atoms with van der Waals surface area (Å²) in [5.41, 5.74) is 6.51. The minimum atomic E-state index is -3.94. The molecule has 8 nitrogen and oxygen atoms in total. The van der Waals surface area contributed by atoms with Crippen molar-refractivity contribution >= 4 is 33.0 Å². The lowest BCUT2D eigenvalue weighted by Crippen LogP contribution is -2.39. The zero-order valence-corrected chi connectivity index (χ0v) is 25.1. The molecule has 1 aliphatic heterocycles. The Kier molecular flexibility index (Phi) is 7.01. The molecule has 218 valence electrons. The number of aromatic nitrogens is 1. The van der Waals surface area contributed by atoms with Crippen LogP contribution in [0.5, 0.6) is 0 Å². The summed E-state index contributed by atoms with van der Waals surface area (Å²) in [6.45, 7) is 4.78. The topological polar surface area (TPSA) is 97.7 Å². The number of benzene rings is 2. The third-order valence-electron chi connectivity index (χ3n) is 9.43. The third kappa shape index (κ3) is 4.57. The molecule has 0 unspecified atom stereocenters. The van der Waals surface area contributed by atoms with Gasteiger partial charge in [0.1, 0.15) is 0 Å². The first-order chi connectivity index (χ1) is 19.6. The summed E-state index contributed by atoms with van der Waals surface area (Å²) in [7, 11) is -1.19. The lowest BCUT2D eigenvalue weighted by Gasteiger charge is -2.24. The molecule has 3 aliphatic rings. The second-order valence-electron chi connectivity index (χ2n) is 12.0. The summed E-state index contributed by atoms with van der Waals surface area (Å²) in [4.78, 5) is 26.7. The van der Waals surface area contributed by atoms with Crippen molar-refractivity contribution in [2.45, 2.75) is 77.2 Å². The van der Waals surface area contributed by atoms with E-state index in [0.717, 1.165) is 52.1 Å². The van der Waals surface area contributed by atoms with Crippen LogP contribution in [0.3, 0.4) is 0 Å². The minimum absolute atomic E-state index is 0.0777. The summed E-state index contributed by atoms with van der Waals surface area (Å²) in [5, 5.41) is 1.07. The van der Waals surface area contributed by atoms with E-state index in [4.69, 9.17) is 4.74 Å². The van der Waals surface area contributed by atoms with Crippen LogP contribution in [0.25, 0.3) is 22.2 Å². The van der Waals surface area contributed by atoms with E-state index in [9.17, 15) is 18.0 Å². The summed E-state index contributed by atoms with van der Waals surface area (Å²) in [6.07, 6.45) is 7.44. The van der Waals surface area contributed by atoms with Gasteiger partial charge in [-0.05, 0) is 67.3 Å². The van der Waals surface area contributed by atoms with Gasteiger partial charge >= 0.3 is 16.2 Å². The summed E-state index contributed by atoms with van der Waals surface area (Å²) in [6, 6.07) is 12.2. The van der Waals surface area contributed by atoms with E-state index in [0.29, 0.717) is 19.1 Å². The van der Waals surface area contributed by atoms with Crippen molar-refractivity contribution in [1.29, 1.82) is 0 Å². The number of nitrogens with zero attached hydrogens (tertiary/aromatic N) is 2. The lowest BCUT2D eigenvalue weighted by molar-refractivity contribution is -0.150. The molecule has 0 spiro atoms. The first-order valence-electron chi connectivity index (χ1n) is 14.8.